The smallest absolute Gasteiger partial charge is 0.328 e. The van der Waals surface area contributed by atoms with E-state index in [-0.39, 0.29) is 12.1 Å². The van der Waals surface area contributed by atoms with E-state index >= 15 is 0 Å². The minimum atomic E-state index is -1.12. The van der Waals surface area contributed by atoms with Crippen molar-refractivity contribution in [2.24, 2.45) is 0 Å². The number of ether oxygens (including phenoxy) is 1. The van der Waals surface area contributed by atoms with Crippen LogP contribution in [0.5, 0.6) is 0 Å². The van der Waals surface area contributed by atoms with Crippen molar-refractivity contribution in [1.82, 2.24) is 5.32 Å². The molecule has 0 atom stereocenters. The second kappa shape index (κ2) is 7.27. The molecule has 102 valence electrons. The summed E-state index contributed by atoms with van der Waals surface area (Å²) in [4.78, 5) is 21.9. The summed E-state index contributed by atoms with van der Waals surface area (Å²) in [5, 5.41) is 10.9. The van der Waals surface area contributed by atoms with Gasteiger partial charge in [0, 0.05) is 19.7 Å². The summed E-state index contributed by atoms with van der Waals surface area (Å²) in [5.41, 5.74) is 0.275. The van der Waals surface area contributed by atoms with Crippen LogP contribution in [0.3, 0.4) is 0 Å². The van der Waals surface area contributed by atoms with E-state index in [1.165, 1.54) is 25.3 Å². The molecular weight excluding hydrogens is 253 g/mol. The molecule has 0 heterocycles. The molecule has 19 heavy (non-hydrogen) atoms. The van der Waals surface area contributed by atoms with Crippen LogP contribution < -0.4 is 5.32 Å². The van der Waals surface area contributed by atoms with Gasteiger partial charge in [-0.1, -0.05) is 6.07 Å². The minimum absolute atomic E-state index is 0.0939. The second-order valence-electron chi connectivity index (χ2n) is 3.66. The predicted molar refractivity (Wildman–Crippen MR) is 67.3 cm³/mol. The molecule has 0 fully saturated rings. The number of aliphatic carboxylic acids is 1. The maximum atomic E-state index is 13.7. The van der Waals surface area contributed by atoms with E-state index in [1.807, 2.05) is 0 Å². The standard InChI is InChI=1S/C13H14FNO4/c1-19-7-6-15-13(18)10-4-2-9(8-11(10)14)3-5-12(16)17/h2-5,8H,6-7H2,1H3,(H,15,18)(H,16,17). The van der Waals surface area contributed by atoms with Crippen LogP contribution in [-0.2, 0) is 9.53 Å². The number of halogens is 1. The Morgan fingerprint density at radius 3 is 2.79 bits per heavy atom. The average Bonchev–Trinajstić information content (AvgIpc) is 2.36. The van der Waals surface area contributed by atoms with Crippen molar-refractivity contribution < 1.29 is 23.8 Å². The number of amides is 1. The van der Waals surface area contributed by atoms with Crippen LogP contribution in [-0.4, -0.2) is 37.2 Å². The highest BCUT2D eigenvalue weighted by Gasteiger charge is 2.11. The Labute approximate surface area is 109 Å². The molecule has 2 N–H and O–H groups in total. The molecule has 0 spiro atoms. The van der Waals surface area contributed by atoms with E-state index in [1.54, 1.807) is 0 Å². The lowest BCUT2D eigenvalue weighted by Crippen LogP contribution is -2.27. The van der Waals surface area contributed by atoms with Crippen LogP contribution in [0.2, 0.25) is 0 Å². The third kappa shape index (κ3) is 4.89. The number of methoxy groups -OCH3 is 1. The third-order valence-electron chi connectivity index (χ3n) is 2.25. The number of rotatable bonds is 6. The molecule has 0 saturated carbocycles. The van der Waals surface area contributed by atoms with Gasteiger partial charge in [0.2, 0.25) is 0 Å². The molecule has 1 aromatic carbocycles. The molecule has 0 unspecified atom stereocenters. The lowest BCUT2D eigenvalue weighted by molar-refractivity contribution is -0.131. The van der Waals surface area contributed by atoms with E-state index in [4.69, 9.17) is 9.84 Å². The van der Waals surface area contributed by atoms with Gasteiger partial charge in [-0.3, -0.25) is 4.79 Å². The highest BCUT2D eigenvalue weighted by molar-refractivity contribution is 5.94. The van der Waals surface area contributed by atoms with Crippen LogP contribution in [0.4, 0.5) is 4.39 Å². The van der Waals surface area contributed by atoms with Crippen molar-refractivity contribution in [1.29, 1.82) is 0 Å². The summed E-state index contributed by atoms with van der Waals surface area (Å²) in [7, 11) is 1.50. The van der Waals surface area contributed by atoms with Crippen LogP contribution in [0.1, 0.15) is 15.9 Å². The first-order valence-electron chi connectivity index (χ1n) is 5.52. The van der Waals surface area contributed by atoms with Crippen molar-refractivity contribution in [2.45, 2.75) is 0 Å². The molecule has 0 aliphatic carbocycles. The van der Waals surface area contributed by atoms with E-state index < -0.39 is 17.7 Å². The van der Waals surface area contributed by atoms with Gasteiger partial charge in [-0.15, -0.1) is 0 Å². The molecule has 0 aromatic heterocycles. The number of carboxylic acids is 1. The fraction of sp³-hybridized carbons (Fsp3) is 0.231. The molecule has 6 heteroatoms. The van der Waals surface area contributed by atoms with E-state index in [2.05, 4.69) is 5.32 Å². The highest BCUT2D eigenvalue weighted by atomic mass is 19.1. The molecule has 1 aromatic rings. The number of hydrogen-bond donors (Lipinski definition) is 2. The van der Waals surface area contributed by atoms with Crippen molar-refractivity contribution in [3.8, 4) is 0 Å². The number of carboxylic acid groups (broad SMARTS) is 1. The van der Waals surface area contributed by atoms with Crippen molar-refractivity contribution in [2.75, 3.05) is 20.3 Å². The molecule has 1 amide bonds. The zero-order chi connectivity index (χ0) is 14.3. The Morgan fingerprint density at radius 2 is 2.21 bits per heavy atom. The SMILES string of the molecule is COCCNC(=O)c1ccc(C=CC(=O)O)cc1F. The fourth-order valence-electron chi connectivity index (χ4n) is 1.35. The predicted octanol–water partition coefficient (Wildman–Crippen LogP) is 1.30. The Balaban J connectivity index is 2.76. The topological polar surface area (TPSA) is 75.6 Å². The number of hydrogen-bond acceptors (Lipinski definition) is 3. The van der Waals surface area contributed by atoms with Gasteiger partial charge in [0.15, 0.2) is 0 Å². The van der Waals surface area contributed by atoms with Gasteiger partial charge in [0.1, 0.15) is 5.82 Å². The van der Waals surface area contributed by atoms with Gasteiger partial charge >= 0.3 is 5.97 Å². The van der Waals surface area contributed by atoms with Crippen LogP contribution in [0.15, 0.2) is 24.3 Å². The summed E-state index contributed by atoms with van der Waals surface area (Å²) in [6.07, 6.45) is 2.14. The quantitative estimate of drug-likeness (QED) is 0.601. The summed E-state index contributed by atoms with van der Waals surface area (Å²) in [6, 6.07) is 3.87. The summed E-state index contributed by atoms with van der Waals surface area (Å²) in [6.45, 7) is 0.627. The Hall–Kier alpha value is -2.21. The minimum Gasteiger partial charge on any atom is -0.478 e. The molecule has 0 radical (unpaired) electrons. The van der Waals surface area contributed by atoms with Crippen LogP contribution in [0, 0.1) is 5.82 Å². The molecule has 0 aliphatic rings. The fourth-order valence-corrected chi connectivity index (χ4v) is 1.35. The van der Waals surface area contributed by atoms with Gasteiger partial charge in [-0.05, 0) is 23.8 Å². The van der Waals surface area contributed by atoms with Crippen LogP contribution >= 0.6 is 0 Å². The van der Waals surface area contributed by atoms with E-state index in [0.717, 1.165) is 12.1 Å². The first kappa shape index (κ1) is 14.8. The lowest BCUT2D eigenvalue weighted by Gasteiger charge is -2.06. The second-order valence-corrected chi connectivity index (χ2v) is 3.66. The largest absolute Gasteiger partial charge is 0.478 e. The number of carbonyl (C=O) groups excluding carboxylic acids is 1. The summed E-state index contributed by atoms with van der Waals surface area (Å²) < 4.78 is 18.4. The average molecular weight is 267 g/mol. The number of carbonyl (C=O) groups is 2. The van der Waals surface area contributed by atoms with E-state index in [9.17, 15) is 14.0 Å². The monoisotopic (exact) mass is 267 g/mol. The molecule has 0 saturated heterocycles. The van der Waals surface area contributed by atoms with E-state index in [0.29, 0.717) is 12.2 Å². The van der Waals surface area contributed by atoms with Crippen molar-refractivity contribution in [3.63, 3.8) is 0 Å². The number of nitrogens with one attached hydrogen (secondary N) is 1. The zero-order valence-corrected chi connectivity index (χ0v) is 10.4. The molecular formula is C13H14FNO4. The van der Waals surface area contributed by atoms with Gasteiger partial charge in [0.25, 0.3) is 5.91 Å². The highest BCUT2D eigenvalue weighted by Crippen LogP contribution is 2.11. The first-order valence-corrected chi connectivity index (χ1v) is 5.52. The van der Waals surface area contributed by atoms with Crippen molar-refractivity contribution >= 4 is 18.0 Å². The maximum absolute atomic E-state index is 13.7. The van der Waals surface area contributed by atoms with Crippen molar-refractivity contribution in [3.05, 3.63) is 41.2 Å². The van der Waals surface area contributed by atoms with Gasteiger partial charge in [0.05, 0.1) is 12.2 Å². The first-order chi connectivity index (χ1) is 9.04. The maximum Gasteiger partial charge on any atom is 0.328 e. The Morgan fingerprint density at radius 1 is 1.47 bits per heavy atom. The lowest BCUT2D eigenvalue weighted by atomic mass is 10.1. The van der Waals surface area contributed by atoms with Gasteiger partial charge in [-0.25, -0.2) is 9.18 Å². The third-order valence-corrected chi connectivity index (χ3v) is 2.25. The van der Waals surface area contributed by atoms with Gasteiger partial charge in [-0.2, -0.15) is 0 Å². The normalized spacial score (nSPS) is 10.6. The Kier molecular flexibility index (Phi) is 5.69. The molecule has 1 rings (SSSR count). The summed E-state index contributed by atoms with van der Waals surface area (Å²) >= 11 is 0. The summed E-state index contributed by atoms with van der Waals surface area (Å²) in [5.74, 6) is -2.37. The van der Waals surface area contributed by atoms with Gasteiger partial charge < -0.3 is 15.2 Å². The molecule has 0 aliphatic heterocycles. The zero-order valence-electron chi connectivity index (χ0n) is 10.4. The van der Waals surface area contributed by atoms with Crippen LogP contribution in [0.25, 0.3) is 6.08 Å². The number of benzene rings is 1. The molecule has 0 bridgehead atoms. The molecule has 5 nitrogen and oxygen atoms in total. The Bertz CT molecular complexity index is 499.